The minimum atomic E-state index is -0.616. The van der Waals surface area contributed by atoms with Crippen LogP contribution in [0.4, 0.5) is 14.9 Å². The summed E-state index contributed by atoms with van der Waals surface area (Å²) in [4.78, 5) is 47.7. The van der Waals surface area contributed by atoms with Gasteiger partial charge < -0.3 is 24.3 Å². The van der Waals surface area contributed by atoms with Crippen molar-refractivity contribution in [3.05, 3.63) is 62.6 Å². The molecule has 2 aromatic heterocycles. The van der Waals surface area contributed by atoms with E-state index in [0.29, 0.717) is 61.9 Å². The summed E-state index contributed by atoms with van der Waals surface area (Å²) in [7, 11) is 0. The molecule has 4 aliphatic rings. The quantitative estimate of drug-likeness (QED) is 0.328. The molecule has 256 valence electrons. The third kappa shape index (κ3) is 5.92. The molecule has 2 fully saturated rings. The zero-order valence-corrected chi connectivity index (χ0v) is 28.5. The van der Waals surface area contributed by atoms with Crippen LogP contribution in [0.25, 0.3) is 11.4 Å². The lowest BCUT2D eigenvalue weighted by Crippen LogP contribution is -2.53. The first-order valence-corrected chi connectivity index (χ1v) is 17.3. The highest BCUT2D eigenvalue weighted by atomic mass is 19.1. The fourth-order valence-electron chi connectivity index (χ4n) is 7.81. The van der Waals surface area contributed by atoms with Crippen LogP contribution in [0.2, 0.25) is 0 Å². The van der Waals surface area contributed by atoms with Crippen molar-refractivity contribution in [3.63, 3.8) is 0 Å². The third-order valence-corrected chi connectivity index (χ3v) is 10.4. The molecule has 48 heavy (non-hydrogen) atoms. The van der Waals surface area contributed by atoms with E-state index >= 15 is 4.39 Å². The summed E-state index contributed by atoms with van der Waals surface area (Å²) in [6.45, 7) is 10.6. The smallest absolute Gasteiger partial charge is 0.410 e. The lowest BCUT2D eigenvalue weighted by molar-refractivity contribution is -0.116. The van der Waals surface area contributed by atoms with Gasteiger partial charge in [0.05, 0.1) is 18.9 Å². The average Bonchev–Trinajstić information content (AvgIpc) is 3.62. The van der Waals surface area contributed by atoms with Crippen molar-refractivity contribution >= 4 is 29.0 Å². The highest BCUT2D eigenvalue weighted by molar-refractivity contribution is 5.91. The Hall–Kier alpha value is -4.06. The third-order valence-electron chi connectivity index (χ3n) is 10.4. The number of aromatic nitrogens is 4. The number of nitrogens with one attached hydrogen (secondary N) is 1. The van der Waals surface area contributed by atoms with Crippen molar-refractivity contribution in [1.82, 2.24) is 24.1 Å². The van der Waals surface area contributed by atoms with Gasteiger partial charge in [0.2, 0.25) is 11.7 Å². The molecular weight excluding hydrogens is 615 g/mol. The standard InChI is InChI=1S/C36H45FN6O5/c1-6-41(35(46)48-36(3,4)5)27-13-10-24(27)25-11-14-28-30(25)33(45)43-34(39-32(40-43)22-15-17-47-18-16-22)42(28)19-29(44)38-26-12-9-23(21-7-8-21)20(2)31(26)37/h9,12,15,21,24-25,27H,6-8,10-11,13-14,16-19H2,1-5H3,(H,38,44). The van der Waals surface area contributed by atoms with E-state index in [1.165, 1.54) is 4.52 Å². The molecule has 3 atom stereocenters. The maximum absolute atomic E-state index is 15.4. The second-order valence-electron chi connectivity index (χ2n) is 14.6. The molecule has 1 N–H and O–H groups in total. The van der Waals surface area contributed by atoms with Crippen LogP contribution in [0, 0.1) is 18.7 Å². The largest absolute Gasteiger partial charge is 0.444 e. The second kappa shape index (κ2) is 12.4. The van der Waals surface area contributed by atoms with Crippen LogP contribution in [0.15, 0.2) is 23.0 Å². The maximum atomic E-state index is 15.4. The normalized spacial score (nSPS) is 22.2. The Morgan fingerprint density at radius 2 is 1.94 bits per heavy atom. The zero-order valence-electron chi connectivity index (χ0n) is 28.5. The van der Waals surface area contributed by atoms with Crippen LogP contribution in [-0.4, -0.2) is 67.5 Å². The summed E-state index contributed by atoms with van der Waals surface area (Å²) >= 11 is 0. The lowest BCUT2D eigenvalue weighted by Gasteiger charge is -2.46. The molecule has 0 bridgehead atoms. The number of benzene rings is 1. The molecule has 2 saturated carbocycles. The Morgan fingerprint density at radius 1 is 1.15 bits per heavy atom. The van der Waals surface area contributed by atoms with Crippen LogP contribution in [-0.2, 0) is 27.2 Å². The summed E-state index contributed by atoms with van der Waals surface area (Å²) in [5.41, 5.74) is 3.11. The van der Waals surface area contributed by atoms with Gasteiger partial charge in [0.1, 0.15) is 18.0 Å². The first kappa shape index (κ1) is 32.5. The monoisotopic (exact) mass is 660 g/mol. The van der Waals surface area contributed by atoms with E-state index < -0.39 is 17.3 Å². The van der Waals surface area contributed by atoms with Crippen molar-refractivity contribution in [2.45, 2.75) is 110 Å². The fraction of sp³-hybridized carbons (Fsp3) is 0.583. The minimum Gasteiger partial charge on any atom is -0.444 e. The molecular formula is C36H45FN6O5. The molecule has 12 heteroatoms. The van der Waals surface area contributed by atoms with Crippen molar-refractivity contribution in [3.8, 4) is 0 Å². The molecule has 3 aromatic rings. The summed E-state index contributed by atoms with van der Waals surface area (Å²) in [6, 6.07) is 3.49. The SMILES string of the molecule is CCN(C(=O)OC(C)(C)C)C1CCC1C1CCc2c1c(=O)n1nc(C3=CCOCC3)nc1n2CC(=O)Nc1ccc(C2CC2)c(C)c1F. The second-order valence-corrected chi connectivity index (χ2v) is 14.6. The summed E-state index contributed by atoms with van der Waals surface area (Å²) in [6.07, 6.45) is 7.29. The number of fused-ring (bicyclic) bond motifs is 2. The Balaban J connectivity index is 1.24. The predicted octanol–water partition coefficient (Wildman–Crippen LogP) is 5.72. The molecule has 1 aliphatic heterocycles. The molecule has 3 heterocycles. The molecule has 1 aromatic carbocycles. The number of nitrogens with zero attached hydrogens (tertiary/aromatic N) is 5. The van der Waals surface area contributed by atoms with E-state index in [1.807, 2.05) is 39.8 Å². The van der Waals surface area contributed by atoms with Crippen LogP contribution in [0.3, 0.4) is 0 Å². The lowest BCUT2D eigenvalue weighted by atomic mass is 9.69. The number of hydrogen-bond acceptors (Lipinski definition) is 7. The molecule has 11 nitrogen and oxygen atoms in total. The summed E-state index contributed by atoms with van der Waals surface area (Å²) in [5, 5.41) is 7.46. The Bertz CT molecular complexity index is 1870. The first-order valence-electron chi connectivity index (χ1n) is 17.3. The van der Waals surface area contributed by atoms with Gasteiger partial charge in [-0.25, -0.2) is 9.18 Å². The molecule has 2 amide bonds. The van der Waals surface area contributed by atoms with E-state index in [-0.39, 0.29) is 47.5 Å². The van der Waals surface area contributed by atoms with Gasteiger partial charge in [-0.2, -0.15) is 9.50 Å². The van der Waals surface area contributed by atoms with Crippen LogP contribution in [0.1, 0.15) is 106 Å². The maximum Gasteiger partial charge on any atom is 0.410 e. The number of carbonyl (C=O) groups is 2. The van der Waals surface area contributed by atoms with Gasteiger partial charge in [-0.3, -0.25) is 9.59 Å². The van der Waals surface area contributed by atoms with Crippen molar-refractivity contribution in [2.75, 3.05) is 25.1 Å². The molecule has 0 spiro atoms. The van der Waals surface area contributed by atoms with Gasteiger partial charge in [-0.1, -0.05) is 12.1 Å². The van der Waals surface area contributed by atoms with E-state index in [2.05, 4.69) is 10.4 Å². The number of amides is 2. The van der Waals surface area contributed by atoms with Crippen molar-refractivity contribution < 1.29 is 23.5 Å². The van der Waals surface area contributed by atoms with Crippen LogP contribution < -0.4 is 10.9 Å². The summed E-state index contributed by atoms with van der Waals surface area (Å²) in [5.74, 6) is 0.229. The van der Waals surface area contributed by atoms with Gasteiger partial charge in [0.25, 0.3) is 5.56 Å². The predicted molar refractivity (Wildman–Crippen MR) is 179 cm³/mol. The average molecular weight is 661 g/mol. The number of carbonyl (C=O) groups excluding carboxylic acids is 2. The van der Waals surface area contributed by atoms with Crippen LogP contribution in [0.5, 0.6) is 0 Å². The number of hydrogen-bond donors (Lipinski definition) is 1. The minimum absolute atomic E-state index is 0.0591. The van der Waals surface area contributed by atoms with E-state index in [4.69, 9.17) is 14.5 Å². The number of rotatable bonds is 8. The van der Waals surface area contributed by atoms with E-state index in [9.17, 15) is 14.4 Å². The van der Waals surface area contributed by atoms with Gasteiger partial charge in [0, 0.05) is 23.8 Å². The van der Waals surface area contributed by atoms with Crippen LogP contribution >= 0.6 is 0 Å². The Morgan fingerprint density at radius 3 is 2.58 bits per heavy atom. The Labute approximate surface area is 279 Å². The van der Waals surface area contributed by atoms with Gasteiger partial charge in [-0.05, 0) is 120 Å². The Kier molecular flexibility index (Phi) is 8.41. The number of halogens is 1. The fourth-order valence-corrected chi connectivity index (χ4v) is 7.81. The van der Waals surface area contributed by atoms with Crippen molar-refractivity contribution in [2.24, 2.45) is 5.92 Å². The molecule has 0 saturated heterocycles. The molecule has 3 unspecified atom stereocenters. The highest BCUT2D eigenvalue weighted by Gasteiger charge is 2.47. The molecule has 3 aliphatic carbocycles. The zero-order chi connectivity index (χ0) is 33.9. The molecule has 0 radical (unpaired) electrons. The number of anilines is 1. The topological polar surface area (TPSA) is 120 Å². The summed E-state index contributed by atoms with van der Waals surface area (Å²) < 4.78 is 29.7. The van der Waals surface area contributed by atoms with E-state index in [1.54, 1.807) is 22.5 Å². The van der Waals surface area contributed by atoms with Gasteiger partial charge in [0.15, 0.2) is 5.82 Å². The highest BCUT2D eigenvalue weighted by Crippen LogP contribution is 2.48. The van der Waals surface area contributed by atoms with Gasteiger partial charge in [-0.15, -0.1) is 5.10 Å². The number of ether oxygens (including phenoxy) is 2. The van der Waals surface area contributed by atoms with Crippen molar-refractivity contribution in [1.29, 1.82) is 0 Å². The van der Waals surface area contributed by atoms with Gasteiger partial charge >= 0.3 is 6.09 Å². The van der Waals surface area contributed by atoms with E-state index in [0.717, 1.165) is 42.5 Å². The molecule has 7 rings (SSSR count). The first-order chi connectivity index (χ1) is 22.9.